The van der Waals surface area contributed by atoms with Crippen molar-refractivity contribution in [2.45, 2.75) is 32.2 Å². The van der Waals surface area contributed by atoms with Crippen LogP contribution in [0.4, 0.5) is 26.3 Å². The Balaban J connectivity index is 2.51. The second-order valence-corrected chi connectivity index (χ2v) is 5.31. The number of nitrogens with zero attached hydrogens (tertiary/aromatic N) is 1. The lowest BCUT2D eigenvalue weighted by Gasteiger charge is -2.15. The van der Waals surface area contributed by atoms with Crippen molar-refractivity contribution in [3.63, 3.8) is 0 Å². The molecule has 0 fully saturated rings. The fourth-order valence-corrected chi connectivity index (χ4v) is 2.02. The first-order chi connectivity index (χ1) is 10.00. The number of ether oxygens (including phenoxy) is 1. The number of aliphatic imine (C=N–C) groups is 1. The molecule has 0 aliphatic carbocycles. The molecule has 22 heavy (non-hydrogen) atoms. The fraction of sp³-hybridized carbons (Fsp3) is 0.500. The number of benzene rings is 1. The van der Waals surface area contributed by atoms with Gasteiger partial charge in [-0.3, -0.25) is 0 Å². The third kappa shape index (κ3) is 3.36. The minimum Gasteiger partial charge on any atom is -0.475 e. The average Bonchev–Trinajstić information content (AvgIpc) is 2.85. The van der Waals surface area contributed by atoms with Crippen LogP contribution in [0.25, 0.3) is 0 Å². The largest absolute Gasteiger partial charge is 0.475 e. The molecule has 122 valence electrons. The predicted octanol–water partition coefficient (Wildman–Crippen LogP) is 4.53. The Bertz CT molecular complexity index is 588. The molecule has 0 saturated heterocycles. The maximum atomic E-state index is 13.0. The topological polar surface area (TPSA) is 21.6 Å². The normalized spacial score (nSPS) is 19.3. The van der Waals surface area contributed by atoms with Crippen molar-refractivity contribution >= 4 is 5.90 Å². The molecule has 1 aliphatic rings. The van der Waals surface area contributed by atoms with Crippen molar-refractivity contribution in [2.24, 2.45) is 10.9 Å². The Morgan fingerprint density at radius 2 is 1.73 bits per heavy atom. The Labute approximate surface area is 122 Å². The van der Waals surface area contributed by atoms with Crippen LogP contribution in [0.1, 0.15) is 30.5 Å². The van der Waals surface area contributed by atoms with Gasteiger partial charge in [-0.15, -0.1) is 0 Å². The van der Waals surface area contributed by atoms with E-state index in [-0.39, 0.29) is 30.5 Å². The van der Waals surface area contributed by atoms with Crippen LogP contribution in [-0.4, -0.2) is 18.5 Å². The molecule has 0 amide bonds. The van der Waals surface area contributed by atoms with Gasteiger partial charge in [-0.05, 0) is 24.1 Å². The summed E-state index contributed by atoms with van der Waals surface area (Å²) in [6.07, 6.45) is -9.78. The van der Waals surface area contributed by atoms with Gasteiger partial charge in [0.15, 0.2) is 0 Å². The van der Waals surface area contributed by atoms with E-state index in [9.17, 15) is 26.3 Å². The van der Waals surface area contributed by atoms with Crippen LogP contribution in [-0.2, 0) is 17.1 Å². The lowest BCUT2D eigenvalue weighted by molar-refractivity contribution is -0.143. The molecule has 1 aromatic rings. The van der Waals surface area contributed by atoms with Crippen LogP contribution in [0.5, 0.6) is 0 Å². The minimum atomic E-state index is -4.93. The molecule has 0 N–H and O–H groups in total. The molecule has 1 aromatic carbocycles. The molecule has 0 bridgehead atoms. The maximum Gasteiger partial charge on any atom is 0.417 e. The molecule has 0 saturated carbocycles. The van der Waals surface area contributed by atoms with Gasteiger partial charge in [0, 0.05) is 5.56 Å². The monoisotopic (exact) mass is 325 g/mol. The molecule has 8 heteroatoms. The van der Waals surface area contributed by atoms with Gasteiger partial charge in [-0.1, -0.05) is 13.8 Å². The molecule has 0 unspecified atom stereocenters. The Kier molecular flexibility index (Phi) is 4.14. The van der Waals surface area contributed by atoms with Crippen molar-refractivity contribution in [3.05, 3.63) is 34.9 Å². The van der Waals surface area contributed by atoms with Gasteiger partial charge < -0.3 is 4.74 Å². The third-order valence-electron chi connectivity index (χ3n) is 3.33. The van der Waals surface area contributed by atoms with Crippen LogP contribution in [0.2, 0.25) is 0 Å². The summed E-state index contributed by atoms with van der Waals surface area (Å²) in [5, 5.41) is 0. The maximum absolute atomic E-state index is 13.0. The fourth-order valence-electron chi connectivity index (χ4n) is 2.02. The summed E-state index contributed by atoms with van der Waals surface area (Å²) >= 11 is 0. The third-order valence-corrected chi connectivity index (χ3v) is 3.33. The minimum absolute atomic E-state index is 0.0567. The standard InChI is InChI=1S/C14H13F6NO/c1-7(2)11-6-22-12(21-11)9-4-3-8(13(15,16)17)5-10(9)14(18,19)20/h3-5,7,11H,6H2,1-2H3/t11-/m0/s1. The molecule has 0 radical (unpaired) electrons. The summed E-state index contributed by atoms with van der Waals surface area (Å²) < 4.78 is 82.1. The van der Waals surface area contributed by atoms with E-state index in [0.29, 0.717) is 6.07 Å². The first-order valence-corrected chi connectivity index (χ1v) is 6.49. The van der Waals surface area contributed by atoms with E-state index in [0.717, 1.165) is 6.07 Å². The molecule has 0 aromatic heterocycles. The quantitative estimate of drug-likeness (QED) is 0.732. The van der Waals surface area contributed by atoms with Gasteiger partial charge in [-0.2, -0.15) is 26.3 Å². The van der Waals surface area contributed by atoms with Gasteiger partial charge in [0.2, 0.25) is 5.90 Å². The van der Waals surface area contributed by atoms with Crippen molar-refractivity contribution < 1.29 is 31.1 Å². The second kappa shape index (κ2) is 5.48. The Hall–Kier alpha value is -1.73. The number of hydrogen-bond acceptors (Lipinski definition) is 2. The van der Waals surface area contributed by atoms with E-state index in [1.165, 1.54) is 0 Å². The van der Waals surface area contributed by atoms with E-state index < -0.39 is 29.0 Å². The molecule has 2 nitrogen and oxygen atoms in total. The highest BCUT2D eigenvalue weighted by atomic mass is 19.4. The molecule has 1 heterocycles. The number of halogens is 6. The van der Waals surface area contributed by atoms with Crippen LogP contribution in [0.15, 0.2) is 23.2 Å². The summed E-state index contributed by atoms with van der Waals surface area (Å²) in [4.78, 5) is 4.04. The highest BCUT2D eigenvalue weighted by Crippen LogP contribution is 2.38. The zero-order chi connectivity index (χ0) is 16.7. The number of hydrogen-bond donors (Lipinski definition) is 0. The zero-order valence-corrected chi connectivity index (χ0v) is 11.7. The SMILES string of the molecule is CC(C)[C@@H]1COC(c2ccc(C(F)(F)F)cc2C(F)(F)F)=N1. The average molecular weight is 325 g/mol. The van der Waals surface area contributed by atoms with E-state index in [1.54, 1.807) is 0 Å². The lowest BCUT2D eigenvalue weighted by Crippen LogP contribution is -2.16. The van der Waals surface area contributed by atoms with E-state index >= 15 is 0 Å². The highest BCUT2D eigenvalue weighted by Gasteiger charge is 2.40. The number of rotatable bonds is 2. The highest BCUT2D eigenvalue weighted by molar-refractivity contribution is 5.97. The van der Waals surface area contributed by atoms with Crippen molar-refractivity contribution in [2.75, 3.05) is 6.61 Å². The molecular formula is C14H13F6NO. The zero-order valence-electron chi connectivity index (χ0n) is 11.7. The van der Waals surface area contributed by atoms with Crippen LogP contribution in [0, 0.1) is 5.92 Å². The second-order valence-electron chi connectivity index (χ2n) is 5.31. The van der Waals surface area contributed by atoms with Crippen molar-refractivity contribution in [1.82, 2.24) is 0 Å². The summed E-state index contributed by atoms with van der Waals surface area (Å²) in [7, 11) is 0. The molecule has 2 rings (SSSR count). The van der Waals surface area contributed by atoms with E-state index in [4.69, 9.17) is 4.74 Å². The number of alkyl halides is 6. The summed E-state index contributed by atoms with van der Waals surface area (Å²) in [5.41, 5.74) is -3.23. The smallest absolute Gasteiger partial charge is 0.417 e. The molecular weight excluding hydrogens is 312 g/mol. The Morgan fingerprint density at radius 3 is 2.18 bits per heavy atom. The van der Waals surface area contributed by atoms with Crippen molar-refractivity contribution in [1.29, 1.82) is 0 Å². The van der Waals surface area contributed by atoms with E-state index in [2.05, 4.69) is 4.99 Å². The van der Waals surface area contributed by atoms with Crippen LogP contribution < -0.4 is 0 Å². The summed E-state index contributed by atoms with van der Waals surface area (Å²) in [6.45, 7) is 3.78. The van der Waals surface area contributed by atoms with Crippen LogP contribution in [0.3, 0.4) is 0 Å². The Morgan fingerprint density at radius 1 is 1.09 bits per heavy atom. The van der Waals surface area contributed by atoms with Gasteiger partial charge in [0.25, 0.3) is 0 Å². The summed E-state index contributed by atoms with van der Waals surface area (Å²) in [5.74, 6) is -0.207. The molecule has 1 aliphatic heterocycles. The summed E-state index contributed by atoms with van der Waals surface area (Å²) in [6, 6.07) is 1.13. The van der Waals surface area contributed by atoms with E-state index in [1.807, 2.05) is 13.8 Å². The molecule has 0 spiro atoms. The van der Waals surface area contributed by atoms with Crippen LogP contribution >= 0.6 is 0 Å². The van der Waals surface area contributed by atoms with Gasteiger partial charge in [0.1, 0.15) is 6.61 Å². The first kappa shape index (κ1) is 16.6. The molecule has 1 atom stereocenters. The predicted molar refractivity (Wildman–Crippen MR) is 67.6 cm³/mol. The van der Waals surface area contributed by atoms with Crippen molar-refractivity contribution in [3.8, 4) is 0 Å². The lowest BCUT2D eigenvalue weighted by atomic mass is 10.0. The first-order valence-electron chi connectivity index (χ1n) is 6.49. The van der Waals surface area contributed by atoms with Gasteiger partial charge >= 0.3 is 12.4 Å². The van der Waals surface area contributed by atoms with Gasteiger partial charge in [-0.25, -0.2) is 4.99 Å². The van der Waals surface area contributed by atoms with Gasteiger partial charge in [0.05, 0.1) is 17.2 Å².